The summed E-state index contributed by atoms with van der Waals surface area (Å²) < 4.78 is 5.33. The van der Waals surface area contributed by atoms with E-state index in [1.807, 2.05) is 19.1 Å². The van der Waals surface area contributed by atoms with Crippen LogP contribution in [0, 0.1) is 17.3 Å². The molecule has 4 bridgehead atoms. The highest BCUT2D eigenvalue weighted by Gasteiger charge is 2.61. The van der Waals surface area contributed by atoms with Crippen molar-refractivity contribution in [2.45, 2.75) is 63.8 Å². The number of likely N-dealkylation sites (N-methyl/N-ethyl adjacent to an activating group) is 1. The summed E-state index contributed by atoms with van der Waals surface area (Å²) >= 11 is 0. The third-order valence-electron chi connectivity index (χ3n) is 7.34. The van der Waals surface area contributed by atoms with Gasteiger partial charge in [-0.15, -0.1) is 0 Å². The third kappa shape index (κ3) is 3.19. The Morgan fingerprint density at radius 3 is 2.36 bits per heavy atom. The molecule has 5 nitrogen and oxygen atoms in total. The Labute approximate surface area is 167 Å². The van der Waals surface area contributed by atoms with Crippen LogP contribution in [0.1, 0.15) is 57.9 Å². The molecule has 0 radical (unpaired) electrons. The van der Waals surface area contributed by atoms with Crippen LogP contribution in [-0.4, -0.2) is 31.5 Å². The van der Waals surface area contributed by atoms with Crippen LogP contribution in [0.25, 0.3) is 0 Å². The fourth-order valence-corrected chi connectivity index (χ4v) is 6.55. The van der Waals surface area contributed by atoms with Crippen LogP contribution in [0.15, 0.2) is 24.3 Å². The highest BCUT2D eigenvalue weighted by atomic mass is 16.5. The van der Waals surface area contributed by atoms with Crippen molar-refractivity contribution in [3.63, 3.8) is 0 Å². The van der Waals surface area contributed by atoms with Crippen molar-refractivity contribution in [2.24, 2.45) is 17.3 Å². The molecule has 2 N–H and O–H groups in total. The van der Waals surface area contributed by atoms with E-state index in [4.69, 9.17) is 4.74 Å². The first-order valence-corrected chi connectivity index (χ1v) is 10.6. The molecule has 0 spiro atoms. The van der Waals surface area contributed by atoms with Crippen LogP contribution in [0.4, 0.5) is 0 Å². The number of methoxy groups -OCH3 is 1. The molecule has 0 aliphatic heterocycles. The highest BCUT2D eigenvalue weighted by molar-refractivity contribution is 5.90. The first kappa shape index (κ1) is 19.3. The lowest BCUT2D eigenvalue weighted by molar-refractivity contribution is -0.151. The largest absolute Gasteiger partial charge is 0.497 e. The molecule has 4 fully saturated rings. The zero-order chi connectivity index (χ0) is 19.9. The normalized spacial score (nSPS) is 34.0. The molecule has 5 atom stereocenters. The summed E-state index contributed by atoms with van der Waals surface area (Å²) in [6.07, 6.45) is 6.43. The summed E-state index contributed by atoms with van der Waals surface area (Å²) in [4.78, 5) is 25.5. The molecule has 5 rings (SSSR count). The Kier molecular flexibility index (Phi) is 4.88. The monoisotopic (exact) mass is 384 g/mol. The number of ether oxygens (including phenoxy) is 1. The molecule has 0 saturated heterocycles. The number of nitrogens with one attached hydrogen (secondary N) is 2. The van der Waals surface area contributed by atoms with E-state index in [0.717, 1.165) is 25.0 Å². The summed E-state index contributed by atoms with van der Waals surface area (Å²) in [6.45, 7) is 4.25. The Morgan fingerprint density at radius 2 is 1.79 bits per heavy atom. The minimum absolute atomic E-state index is 0.0817. The average Bonchev–Trinajstić information content (AvgIpc) is 2.67. The molecule has 4 saturated carbocycles. The molecule has 5 heteroatoms. The Morgan fingerprint density at radius 1 is 1.14 bits per heavy atom. The highest BCUT2D eigenvalue weighted by Crippen LogP contribution is 2.65. The van der Waals surface area contributed by atoms with Gasteiger partial charge in [0.05, 0.1) is 12.5 Å². The molecule has 0 heterocycles. The molecule has 28 heavy (non-hydrogen) atoms. The van der Waals surface area contributed by atoms with Crippen LogP contribution in [0.2, 0.25) is 0 Å². The first-order valence-electron chi connectivity index (χ1n) is 10.6. The van der Waals surface area contributed by atoms with E-state index in [0.29, 0.717) is 18.4 Å². The third-order valence-corrected chi connectivity index (χ3v) is 7.34. The second-order valence-corrected chi connectivity index (χ2v) is 9.34. The molecule has 1 aromatic rings. The van der Waals surface area contributed by atoms with Crippen molar-refractivity contribution in [2.75, 3.05) is 13.7 Å². The number of amides is 2. The van der Waals surface area contributed by atoms with Gasteiger partial charge >= 0.3 is 0 Å². The van der Waals surface area contributed by atoms with Crippen molar-refractivity contribution in [3.05, 3.63) is 29.8 Å². The van der Waals surface area contributed by atoms with E-state index in [1.54, 1.807) is 14.0 Å². The van der Waals surface area contributed by atoms with Crippen LogP contribution in [0.3, 0.4) is 0 Å². The van der Waals surface area contributed by atoms with Gasteiger partial charge in [0.15, 0.2) is 0 Å². The topological polar surface area (TPSA) is 67.4 Å². The van der Waals surface area contributed by atoms with E-state index in [9.17, 15) is 9.59 Å². The second-order valence-electron chi connectivity index (χ2n) is 9.34. The SMILES string of the molecule is CCNC(=O)[C@H](C)NC(=O)C12C[C@H]3C[C@@H](C1)CC(c1ccc(OC)cc1)(C3)C2. The van der Waals surface area contributed by atoms with Gasteiger partial charge in [-0.2, -0.15) is 0 Å². The van der Waals surface area contributed by atoms with Gasteiger partial charge in [0.2, 0.25) is 11.8 Å². The molecular weight excluding hydrogens is 352 g/mol. The van der Waals surface area contributed by atoms with Crippen molar-refractivity contribution < 1.29 is 14.3 Å². The smallest absolute Gasteiger partial charge is 0.242 e. The first-order chi connectivity index (χ1) is 13.4. The summed E-state index contributed by atoms with van der Waals surface area (Å²) in [6, 6.07) is 7.97. The molecular formula is C23H32N2O3. The maximum atomic E-state index is 13.4. The number of rotatable bonds is 6. The van der Waals surface area contributed by atoms with Crippen LogP contribution in [-0.2, 0) is 15.0 Å². The summed E-state index contributed by atoms with van der Waals surface area (Å²) in [7, 11) is 1.69. The summed E-state index contributed by atoms with van der Waals surface area (Å²) in [5.41, 5.74) is 1.10. The maximum Gasteiger partial charge on any atom is 0.242 e. The van der Waals surface area contributed by atoms with Gasteiger partial charge < -0.3 is 15.4 Å². The molecule has 152 valence electrons. The van der Waals surface area contributed by atoms with Gasteiger partial charge in [0, 0.05) is 6.54 Å². The lowest BCUT2D eigenvalue weighted by Crippen LogP contribution is -2.60. The molecule has 4 aliphatic rings. The van der Waals surface area contributed by atoms with Gasteiger partial charge in [0.1, 0.15) is 11.8 Å². The van der Waals surface area contributed by atoms with Crippen molar-refractivity contribution in [3.8, 4) is 5.75 Å². The van der Waals surface area contributed by atoms with Gasteiger partial charge in [0.25, 0.3) is 0 Å². The van der Waals surface area contributed by atoms with Crippen LogP contribution >= 0.6 is 0 Å². The van der Waals surface area contributed by atoms with E-state index in [2.05, 4.69) is 22.8 Å². The zero-order valence-electron chi connectivity index (χ0n) is 17.2. The van der Waals surface area contributed by atoms with E-state index >= 15 is 0 Å². The zero-order valence-corrected chi connectivity index (χ0v) is 17.2. The van der Waals surface area contributed by atoms with Crippen molar-refractivity contribution >= 4 is 11.8 Å². The Hall–Kier alpha value is -2.04. The average molecular weight is 385 g/mol. The van der Waals surface area contributed by atoms with E-state index < -0.39 is 6.04 Å². The number of benzene rings is 1. The number of hydrogen-bond acceptors (Lipinski definition) is 3. The van der Waals surface area contributed by atoms with Gasteiger partial charge in [-0.3, -0.25) is 9.59 Å². The molecule has 1 aromatic carbocycles. The van der Waals surface area contributed by atoms with Crippen molar-refractivity contribution in [1.29, 1.82) is 0 Å². The standard InChI is InChI=1S/C23H32N2O3/c1-4-24-20(26)15(2)25-21(27)23-12-16-9-17(13-23)11-22(10-16,14-23)18-5-7-19(28-3)8-6-18/h5-8,15-17H,4,9-14H2,1-3H3,(H,24,26)(H,25,27)/t15-,16-,17+,22?,23?/m0/s1. The van der Waals surface area contributed by atoms with Crippen LogP contribution in [0.5, 0.6) is 5.75 Å². The van der Waals surface area contributed by atoms with Gasteiger partial charge in [-0.1, -0.05) is 12.1 Å². The summed E-state index contributed by atoms with van der Waals surface area (Å²) in [5.74, 6) is 2.06. The molecule has 0 aromatic heterocycles. The van der Waals surface area contributed by atoms with Gasteiger partial charge in [-0.25, -0.2) is 0 Å². The Bertz CT molecular complexity index is 744. The quantitative estimate of drug-likeness (QED) is 0.792. The predicted molar refractivity (Wildman–Crippen MR) is 108 cm³/mol. The fraction of sp³-hybridized carbons (Fsp3) is 0.652. The van der Waals surface area contributed by atoms with Crippen molar-refractivity contribution in [1.82, 2.24) is 10.6 Å². The number of hydrogen-bond donors (Lipinski definition) is 2. The Balaban J connectivity index is 1.58. The predicted octanol–water partition coefficient (Wildman–Crippen LogP) is 3.17. The minimum Gasteiger partial charge on any atom is -0.497 e. The maximum absolute atomic E-state index is 13.4. The molecule has 2 amide bonds. The lowest BCUT2D eigenvalue weighted by Gasteiger charge is -2.61. The van der Waals surface area contributed by atoms with E-state index in [-0.39, 0.29) is 22.6 Å². The number of carbonyl (C=O) groups excluding carboxylic acids is 2. The van der Waals surface area contributed by atoms with Gasteiger partial charge in [-0.05, 0) is 87.3 Å². The lowest BCUT2D eigenvalue weighted by atomic mass is 9.42. The molecule has 2 unspecified atom stereocenters. The van der Waals surface area contributed by atoms with E-state index in [1.165, 1.54) is 24.8 Å². The number of carbonyl (C=O) groups is 2. The van der Waals surface area contributed by atoms with Crippen LogP contribution < -0.4 is 15.4 Å². The molecule has 4 aliphatic carbocycles. The fourth-order valence-electron chi connectivity index (χ4n) is 6.55. The second kappa shape index (κ2) is 7.09. The minimum atomic E-state index is -0.489. The summed E-state index contributed by atoms with van der Waals surface area (Å²) in [5, 5.41) is 5.84.